The summed E-state index contributed by atoms with van der Waals surface area (Å²) in [6, 6.07) is 0. The zero-order valence-electron chi connectivity index (χ0n) is 7.97. The fourth-order valence-corrected chi connectivity index (χ4v) is 0.880. The fourth-order valence-electron chi connectivity index (χ4n) is 0.880. The Kier molecular flexibility index (Phi) is 7.00. The number of rotatable bonds is 7. The molecule has 0 bridgehead atoms. The molecule has 0 aromatic heterocycles. The van der Waals surface area contributed by atoms with E-state index in [1.54, 1.807) is 0 Å². The SMILES string of the molecule is CC(C)C(=O)CCCNCCO. The Morgan fingerprint density at radius 1 is 1.42 bits per heavy atom. The molecule has 0 radical (unpaired) electrons. The van der Waals surface area contributed by atoms with E-state index in [0.717, 1.165) is 13.0 Å². The van der Waals surface area contributed by atoms with Crippen molar-refractivity contribution in [3.05, 3.63) is 0 Å². The van der Waals surface area contributed by atoms with E-state index in [2.05, 4.69) is 5.32 Å². The molecule has 0 saturated heterocycles. The number of hydrogen-bond donors (Lipinski definition) is 2. The van der Waals surface area contributed by atoms with Crippen molar-refractivity contribution in [3.8, 4) is 0 Å². The highest BCUT2D eigenvalue weighted by Crippen LogP contribution is 2.00. The summed E-state index contributed by atoms with van der Waals surface area (Å²) in [5.74, 6) is 0.476. The molecule has 0 aliphatic carbocycles. The summed E-state index contributed by atoms with van der Waals surface area (Å²) in [5, 5.41) is 11.5. The molecule has 0 spiro atoms. The first-order valence-corrected chi connectivity index (χ1v) is 4.52. The molecule has 0 amide bonds. The number of carbonyl (C=O) groups is 1. The summed E-state index contributed by atoms with van der Waals surface area (Å²) in [6.07, 6.45) is 1.52. The second-order valence-corrected chi connectivity index (χ2v) is 3.20. The van der Waals surface area contributed by atoms with Crippen LogP contribution in [0.2, 0.25) is 0 Å². The number of nitrogens with one attached hydrogen (secondary N) is 1. The molecule has 0 aromatic carbocycles. The third-order valence-electron chi connectivity index (χ3n) is 1.71. The second kappa shape index (κ2) is 7.25. The van der Waals surface area contributed by atoms with Crippen LogP contribution in [0.25, 0.3) is 0 Å². The fraction of sp³-hybridized carbons (Fsp3) is 0.889. The minimum atomic E-state index is 0.155. The van der Waals surface area contributed by atoms with E-state index >= 15 is 0 Å². The van der Waals surface area contributed by atoms with Gasteiger partial charge in [0.25, 0.3) is 0 Å². The molecule has 0 fully saturated rings. The van der Waals surface area contributed by atoms with Crippen LogP contribution < -0.4 is 5.32 Å². The standard InChI is InChI=1S/C9H19NO2/c1-8(2)9(12)4-3-5-10-6-7-11/h8,10-11H,3-7H2,1-2H3. The number of ketones is 1. The molecule has 0 heterocycles. The lowest BCUT2D eigenvalue weighted by molar-refractivity contribution is -0.121. The molecule has 3 heteroatoms. The van der Waals surface area contributed by atoms with Gasteiger partial charge in [-0.1, -0.05) is 13.8 Å². The van der Waals surface area contributed by atoms with E-state index in [9.17, 15) is 4.79 Å². The van der Waals surface area contributed by atoms with Gasteiger partial charge in [0, 0.05) is 18.9 Å². The molecule has 2 N–H and O–H groups in total. The largest absolute Gasteiger partial charge is 0.395 e. The Hall–Kier alpha value is -0.410. The number of aliphatic hydroxyl groups is 1. The highest BCUT2D eigenvalue weighted by Gasteiger charge is 2.05. The van der Waals surface area contributed by atoms with Crippen LogP contribution in [0, 0.1) is 5.92 Å². The van der Waals surface area contributed by atoms with Crippen LogP contribution in [0.3, 0.4) is 0 Å². The molecule has 0 saturated carbocycles. The van der Waals surface area contributed by atoms with Crippen LogP contribution >= 0.6 is 0 Å². The number of carbonyl (C=O) groups excluding carboxylic acids is 1. The lowest BCUT2D eigenvalue weighted by atomic mass is 10.1. The molecule has 0 atom stereocenters. The van der Waals surface area contributed by atoms with Crippen LogP contribution in [0.1, 0.15) is 26.7 Å². The Morgan fingerprint density at radius 3 is 2.58 bits per heavy atom. The van der Waals surface area contributed by atoms with E-state index in [-0.39, 0.29) is 12.5 Å². The first kappa shape index (κ1) is 11.6. The number of aliphatic hydroxyl groups excluding tert-OH is 1. The van der Waals surface area contributed by atoms with Crippen LogP contribution in [-0.2, 0) is 4.79 Å². The summed E-state index contributed by atoms with van der Waals surface area (Å²) < 4.78 is 0. The third-order valence-corrected chi connectivity index (χ3v) is 1.71. The van der Waals surface area contributed by atoms with Crippen molar-refractivity contribution < 1.29 is 9.90 Å². The molecule has 72 valence electrons. The van der Waals surface area contributed by atoms with Crippen molar-refractivity contribution in [2.24, 2.45) is 5.92 Å². The first-order valence-electron chi connectivity index (χ1n) is 4.52. The summed E-state index contributed by atoms with van der Waals surface area (Å²) in [6.45, 7) is 5.44. The van der Waals surface area contributed by atoms with Crippen molar-refractivity contribution in [2.45, 2.75) is 26.7 Å². The average molecular weight is 173 g/mol. The maximum absolute atomic E-state index is 11.1. The smallest absolute Gasteiger partial charge is 0.135 e. The van der Waals surface area contributed by atoms with Gasteiger partial charge in [0.1, 0.15) is 5.78 Å². The molecule has 0 aromatic rings. The van der Waals surface area contributed by atoms with Crippen LogP contribution in [-0.4, -0.2) is 30.6 Å². The summed E-state index contributed by atoms with van der Waals surface area (Å²) >= 11 is 0. The summed E-state index contributed by atoms with van der Waals surface area (Å²) in [5.41, 5.74) is 0. The van der Waals surface area contributed by atoms with Crippen molar-refractivity contribution >= 4 is 5.78 Å². The molecule has 0 unspecified atom stereocenters. The van der Waals surface area contributed by atoms with Gasteiger partial charge in [0.15, 0.2) is 0 Å². The predicted molar refractivity (Wildman–Crippen MR) is 49.0 cm³/mol. The summed E-state index contributed by atoms with van der Waals surface area (Å²) in [4.78, 5) is 11.1. The van der Waals surface area contributed by atoms with Gasteiger partial charge in [0.2, 0.25) is 0 Å². The Bertz CT molecular complexity index is 124. The summed E-state index contributed by atoms with van der Waals surface area (Å²) in [7, 11) is 0. The minimum absolute atomic E-state index is 0.155. The number of hydrogen-bond acceptors (Lipinski definition) is 3. The van der Waals surface area contributed by atoms with Gasteiger partial charge < -0.3 is 10.4 Å². The van der Waals surface area contributed by atoms with Gasteiger partial charge in [0.05, 0.1) is 6.61 Å². The minimum Gasteiger partial charge on any atom is -0.395 e. The predicted octanol–water partition coefficient (Wildman–Crippen LogP) is 0.574. The quantitative estimate of drug-likeness (QED) is 0.553. The van der Waals surface area contributed by atoms with Crippen LogP contribution in [0.4, 0.5) is 0 Å². The molecule has 3 nitrogen and oxygen atoms in total. The van der Waals surface area contributed by atoms with Gasteiger partial charge in [-0.3, -0.25) is 4.79 Å². The molecule has 0 aliphatic heterocycles. The molecule has 0 aliphatic rings. The lowest BCUT2D eigenvalue weighted by Gasteiger charge is -2.04. The zero-order valence-corrected chi connectivity index (χ0v) is 7.97. The van der Waals surface area contributed by atoms with E-state index in [0.29, 0.717) is 18.7 Å². The van der Waals surface area contributed by atoms with Gasteiger partial charge in [-0.2, -0.15) is 0 Å². The van der Waals surface area contributed by atoms with Crippen molar-refractivity contribution in [1.82, 2.24) is 5.32 Å². The van der Waals surface area contributed by atoms with Crippen molar-refractivity contribution in [3.63, 3.8) is 0 Å². The van der Waals surface area contributed by atoms with Crippen molar-refractivity contribution in [1.29, 1.82) is 0 Å². The Morgan fingerprint density at radius 2 is 2.08 bits per heavy atom. The van der Waals surface area contributed by atoms with E-state index in [4.69, 9.17) is 5.11 Å². The van der Waals surface area contributed by atoms with Crippen molar-refractivity contribution in [2.75, 3.05) is 19.7 Å². The normalized spacial score (nSPS) is 10.7. The second-order valence-electron chi connectivity index (χ2n) is 3.20. The monoisotopic (exact) mass is 173 g/mol. The maximum atomic E-state index is 11.1. The van der Waals surface area contributed by atoms with Gasteiger partial charge >= 0.3 is 0 Å². The highest BCUT2D eigenvalue weighted by atomic mass is 16.3. The highest BCUT2D eigenvalue weighted by molar-refractivity contribution is 5.80. The molecule has 12 heavy (non-hydrogen) atoms. The van der Waals surface area contributed by atoms with E-state index in [1.165, 1.54) is 0 Å². The topological polar surface area (TPSA) is 49.3 Å². The number of Topliss-reactive ketones (excluding diaryl/α,β-unsaturated/α-hetero) is 1. The Balaban J connectivity index is 3.14. The lowest BCUT2D eigenvalue weighted by Crippen LogP contribution is -2.20. The van der Waals surface area contributed by atoms with Gasteiger partial charge in [-0.25, -0.2) is 0 Å². The maximum Gasteiger partial charge on any atom is 0.135 e. The van der Waals surface area contributed by atoms with Gasteiger partial charge in [-0.05, 0) is 13.0 Å². The first-order chi connectivity index (χ1) is 5.68. The van der Waals surface area contributed by atoms with E-state index in [1.807, 2.05) is 13.8 Å². The molecule has 0 rings (SSSR count). The Labute approximate surface area is 74.2 Å². The zero-order chi connectivity index (χ0) is 9.40. The van der Waals surface area contributed by atoms with Crippen LogP contribution in [0.5, 0.6) is 0 Å². The van der Waals surface area contributed by atoms with E-state index < -0.39 is 0 Å². The van der Waals surface area contributed by atoms with Crippen LogP contribution in [0.15, 0.2) is 0 Å². The average Bonchev–Trinajstić information content (AvgIpc) is 2.03. The molecular weight excluding hydrogens is 154 g/mol. The third kappa shape index (κ3) is 6.31. The molecular formula is C9H19NO2. The van der Waals surface area contributed by atoms with Gasteiger partial charge in [-0.15, -0.1) is 0 Å².